The van der Waals surface area contributed by atoms with Crippen molar-refractivity contribution < 1.29 is 14.3 Å². The van der Waals surface area contributed by atoms with E-state index in [4.69, 9.17) is 9.47 Å². The van der Waals surface area contributed by atoms with Crippen LogP contribution >= 0.6 is 0 Å². The molecule has 0 saturated heterocycles. The number of Topliss-reactive ketones (excluding diaryl/α,β-unsaturated/α-hetero) is 1. The fraction of sp³-hybridized carbons (Fsp3) is 0.583. The lowest BCUT2D eigenvalue weighted by Gasteiger charge is -2.07. The van der Waals surface area contributed by atoms with E-state index in [1.165, 1.54) is 7.11 Å². The lowest BCUT2D eigenvalue weighted by molar-refractivity contribution is -0.119. The van der Waals surface area contributed by atoms with Gasteiger partial charge >= 0.3 is 6.01 Å². The zero-order valence-electron chi connectivity index (χ0n) is 10.5. The quantitative estimate of drug-likeness (QED) is 0.724. The molecule has 0 aliphatic heterocycles. The van der Waals surface area contributed by atoms with Crippen molar-refractivity contribution in [3.8, 4) is 11.9 Å². The van der Waals surface area contributed by atoms with Gasteiger partial charge in [0.15, 0.2) is 0 Å². The average Bonchev–Trinajstić information content (AvgIpc) is 2.36. The molecule has 0 aliphatic rings. The Morgan fingerprint density at radius 3 is 2.65 bits per heavy atom. The number of ketones is 1. The molecule has 0 aliphatic carbocycles. The van der Waals surface area contributed by atoms with Gasteiger partial charge in [-0.15, -0.1) is 0 Å². The number of carbonyl (C=O) groups is 1. The van der Waals surface area contributed by atoms with Gasteiger partial charge in [0, 0.05) is 24.6 Å². The summed E-state index contributed by atoms with van der Waals surface area (Å²) in [6.07, 6.45) is 4.25. The first-order valence-corrected chi connectivity index (χ1v) is 5.66. The Morgan fingerprint density at radius 1 is 1.29 bits per heavy atom. The highest BCUT2D eigenvalue weighted by molar-refractivity contribution is 5.78. The third kappa shape index (κ3) is 4.01. The molecule has 0 atom stereocenters. The van der Waals surface area contributed by atoms with Gasteiger partial charge in [-0.3, -0.25) is 4.79 Å². The van der Waals surface area contributed by atoms with Gasteiger partial charge in [-0.25, -0.2) is 4.98 Å². The third-order valence-electron chi connectivity index (χ3n) is 2.38. The van der Waals surface area contributed by atoms with Gasteiger partial charge in [0.25, 0.3) is 0 Å². The van der Waals surface area contributed by atoms with Crippen LogP contribution in [0.25, 0.3) is 0 Å². The van der Waals surface area contributed by atoms with E-state index in [-0.39, 0.29) is 11.8 Å². The van der Waals surface area contributed by atoms with E-state index >= 15 is 0 Å². The third-order valence-corrected chi connectivity index (χ3v) is 2.38. The second-order valence-electron chi connectivity index (χ2n) is 3.68. The van der Waals surface area contributed by atoms with E-state index in [1.807, 2.05) is 6.92 Å². The van der Waals surface area contributed by atoms with Crippen molar-refractivity contribution in [2.45, 2.75) is 32.6 Å². The van der Waals surface area contributed by atoms with Gasteiger partial charge in [0.2, 0.25) is 5.88 Å². The van der Waals surface area contributed by atoms with Crippen molar-refractivity contribution in [3.05, 3.63) is 11.8 Å². The minimum absolute atomic E-state index is 0.255. The minimum atomic E-state index is 0.255. The summed E-state index contributed by atoms with van der Waals surface area (Å²) < 4.78 is 10.0. The van der Waals surface area contributed by atoms with E-state index < -0.39 is 0 Å². The Hall–Kier alpha value is -1.65. The lowest BCUT2D eigenvalue weighted by atomic mass is 10.1. The van der Waals surface area contributed by atoms with E-state index in [1.54, 1.807) is 13.3 Å². The molecule has 0 N–H and O–H groups in total. The normalized spacial score (nSPS) is 10.1. The smallest absolute Gasteiger partial charge is 0.319 e. The fourth-order valence-electron chi connectivity index (χ4n) is 1.50. The molecule has 0 fully saturated rings. The Bertz CT molecular complexity index is 380. The predicted octanol–water partition coefficient (Wildman–Crippen LogP) is 1.80. The topological polar surface area (TPSA) is 61.3 Å². The van der Waals surface area contributed by atoms with E-state index in [0.29, 0.717) is 25.1 Å². The highest BCUT2D eigenvalue weighted by Crippen LogP contribution is 2.18. The van der Waals surface area contributed by atoms with Gasteiger partial charge in [-0.05, 0) is 12.8 Å². The second kappa shape index (κ2) is 6.83. The van der Waals surface area contributed by atoms with Crippen LogP contribution in [-0.4, -0.2) is 30.0 Å². The van der Waals surface area contributed by atoms with E-state index in [9.17, 15) is 4.79 Å². The van der Waals surface area contributed by atoms with Gasteiger partial charge in [0.05, 0.1) is 14.2 Å². The van der Waals surface area contributed by atoms with Crippen molar-refractivity contribution in [2.24, 2.45) is 0 Å². The molecule has 17 heavy (non-hydrogen) atoms. The zero-order valence-corrected chi connectivity index (χ0v) is 10.5. The van der Waals surface area contributed by atoms with Crippen LogP contribution in [0.1, 0.15) is 31.7 Å². The monoisotopic (exact) mass is 238 g/mol. The van der Waals surface area contributed by atoms with Crippen molar-refractivity contribution in [1.29, 1.82) is 0 Å². The molecular formula is C12H18N2O3. The summed E-state index contributed by atoms with van der Waals surface area (Å²) in [5, 5.41) is 0. The van der Waals surface area contributed by atoms with Crippen molar-refractivity contribution in [2.75, 3.05) is 14.2 Å². The molecule has 0 bridgehead atoms. The van der Waals surface area contributed by atoms with Gasteiger partial charge in [-0.2, -0.15) is 4.98 Å². The fourth-order valence-corrected chi connectivity index (χ4v) is 1.50. The Morgan fingerprint density at radius 2 is 2.06 bits per heavy atom. The molecule has 0 spiro atoms. The summed E-state index contributed by atoms with van der Waals surface area (Å²) in [6.45, 7) is 2.00. The summed E-state index contributed by atoms with van der Waals surface area (Å²) in [6, 6.07) is 0.269. The molecule has 0 unspecified atom stereocenters. The first-order valence-electron chi connectivity index (χ1n) is 5.66. The maximum atomic E-state index is 11.4. The maximum absolute atomic E-state index is 11.4. The molecule has 0 radical (unpaired) electrons. The first kappa shape index (κ1) is 13.4. The summed E-state index contributed by atoms with van der Waals surface area (Å²) in [5.41, 5.74) is 0.831. The summed E-state index contributed by atoms with van der Waals surface area (Å²) in [7, 11) is 3.04. The number of hydrogen-bond acceptors (Lipinski definition) is 5. The second-order valence-corrected chi connectivity index (χ2v) is 3.68. The number of rotatable bonds is 7. The Labute approximate surface area is 101 Å². The standard InChI is InChI=1S/C12H18N2O3/c1-4-5-10(15)7-6-9-8-13-12(17-3)14-11(9)16-2/h8H,4-7H2,1-3H3. The first-order chi connectivity index (χ1) is 8.21. The number of methoxy groups -OCH3 is 2. The molecule has 5 heteroatoms. The highest BCUT2D eigenvalue weighted by Gasteiger charge is 2.09. The number of hydrogen-bond donors (Lipinski definition) is 0. The van der Waals surface area contributed by atoms with Crippen LogP contribution in [0, 0.1) is 0 Å². The van der Waals surface area contributed by atoms with E-state index in [2.05, 4.69) is 9.97 Å². The number of nitrogens with zero attached hydrogens (tertiary/aromatic N) is 2. The Kier molecular flexibility index (Phi) is 5.39. The zero-order chi connectivity index (χ0) is 12.7. The molecule has 0 saturated carbocycles. The van der Waals surface area contributed by atoms with Crippen LogP contribution in [0.3, 0.4) is 0 Å². The Balaban J connectivity index is 2.67. The van der Waals surface area contributed by atoms with Crippen LogP contribution in [0.2, 0.25) is 0 Å². The molecule has 94 valence electrons. The van der Waals surface area contributed by atoms with Crippen LogP contribution in [0.5, 0.6) is 11.9 Å². The van der Waals surface area contributed by atoms with Gasteiger partial charge in [-0.1, -0.05) is 6.92 Å². The van der Waals surface area contributed by atoms with Crippen molar-refractivity contribution >= 4 is 5.78 Å². The van der Waals surface area contributed by atoms with Crippen molar-refractivity contribution in [3.63, 3.8) is 0 Å². The summed E-state index contributed by atoms with van der Waals surface area (Å²) >= 11 is 0. The SMILES string of the molecule is CCCC(=O)CCc1cnc(OC)nc1OC. The molecular weight excluding hydrogens is 220 g/mol. The summed E-state index contributed by atoms with van der Waals surface area (Å²) in [4.78, 5) is 19.5. The maximum Gasteiger partial charge on any atom is 0.319 e. The van der Waals surface area contributed by atoms with Crippen LogP contribution in [-0.2, 0) is 11.2 Å². The summed E-state index contributed by atoms with van der Waals surface area (Å²) in [5.74, 6) is 0.728. The van der Waals surface area contributed by atoms with E-state index in [0.717, 1.165) is 12.0 Å². The van der Waals surface area contributed by atoms with Crippen LogP contribution in [0.4, 0.5) is 0 Å². The minimum Gasteiger partial charge on any atom is -0.481 e. The molecule has 1 heterocycles. The van der Waals surface area contributed by atoms with Gasteiger partial charge in [0.1, 0.15) is 5.78 Å². The number of aryl methyl sites for hydroxylation is 1. The molecule has 0 amide bonds. The molecule has 1 rings (SSSR count). The molecule has 0 aromatic carbocycles. The highest BCUT2D eigenvalue weighted by atomic mass is 16.5. The van der Waals surface area contributed by atoms with Crippen molar-refractivity contribution in [1.82, 2.24) is 9.97 Å². The molecule has 1 aromatic heterocycles. The number of ether oxygens (including phenoxy) is 2. The number of aromatic nitrogens is 2. The van der Waals surface area contributed by atoms with Crippen LogP contribution < -0.4 is 9.47 Å². The largest absolute Gasteiger partial charge is 0.481 e. The van der Waals surface area contributed by atoms with Crippen LogP contribution in [0.15, 0.2) is 6.20 Å². The van der Waals surface area contributed by atoms with Gasteiger partial charge < -0.3 is 9.47 Å². The predicted molar refractivity (Wildman–Crippen MR) is 63.4 cm³/mol. The average molecular weight is 238 g/mol. The molecule has 5 nitrogen and oxygen atoms in total. The molecule has 1 aromatic rings. The number of carbonyl (C=O) groups excluding carboxylic acids is 1. The lowest BCUT2D eigenvalue weighted by Crippen LogP contribution is -2.03.